The monoisotopic (exact) mass is 423 g/mol. The number of benzene rings is 3. The Hall–Kier alpha value is -3.12. The fourth-order valence-electron chi connectivity index (χ4n) is 3.22. The largest absolute Gasteiger partial charge is 0.497 e. The van der Waals surface area contributed by atoms with E-state index in [0.717, 1.165) is 11.3 Å². The van der Waals surface area contributed by atoms with E-state index in [0.29, 0.717) is 12.3 Å². The van der Waals surface area contributed by atoms with Crippen LogP contribution in [0.3, 0.4) is 0 Å². The van der Waals surface area contributed by atoms with Gasteiger partial charge in [-0.2, -0.15) is 0 Å². The van der Waals surface area contributed by atoms with Gasteiger partial charge < -0.3 is 9.64 Å². The highest BCUT2D eigenvalue weighted by Crippen LogP contribution is 2.23. The first kappa shape index (κ1) is 21.6. The minimum atomic E-state index is -3.62. The summed E-state index contributed by atoms with van der Waals surface area (Å²) in [4.78, 5) is 15.1. The number of anilines is 1. The molecule has 156 valence electrons. The molecule has 1 amide bonds. The van der Waals surface area contributed by atoms with Gasteiger partial charge in [0, 0.05) is 11.6 Å². The van der Waals surface area contributed by atoms with Crippen LogP contribution < -0.4 is 9.64 Å². The van der Waals surface area contributed by atoms with Crippen LogP contribution >= 0.6 is 0 Å². The molecule has 0 aliphatic carbocycles. The minimum absolute atomic E-state index is 0.178. The van der Waals surface area contributed by atoms with Gasteiger partial charge >= 0.3 is 0 Å². The number of rotatable bonds is 8. The molecule has 0 radical (unpaired) electrons. The lowest BCUT2D eigenvalue weighted by molar-refractivity contribution is -0.121. The molecule has 0 aromatic heterocycles. The normalized spacial score (nSPS) is 12.2. The molecule has 6 heteroatoms. The van der Waals surface area contributed by atoms with Crippen molar-refractivity contribution in [3.63, 3.8) is 0 Å². The van der Waals surface area contributed by atoms with Crippen LogP contribution in [0.5, 0.6) is 5.75 Å². The van der Waals surface area contributed by atoms with Crippen molar-refractivity contribution in [2.24, 2.45) is 5.92 Å². The average Bonchev–Trinajstić information content (AvgIpc) is 2.78. The Balaban J connectivity index is 1.82. The van der Waals surface area contributed by atoms with Gasteiger partial charge in [-0.3, -0.25) is 4.79 Å². The van der Waals surface area contributed by atoms with Crippen LogP contribution in [-0.2, 0) is 21.2 Å². The van der Waals surface area contributed by atoms with Crippen molar-refractivity contribution >= 4 is 21.4 Å². The highest BCUT2D eigenvalue weighted by Gasteiger charge is 2.28. The summed E-state index contributed by atoms with van der Waals surface area (Å²) in [7, 11) is -2.10. The van der Waals surface area contributed by atoms with Gasteiger partial charge in [-0.25, -0.2) is 8.42 Å². The number of carbonyl (C=O) groups is 1. The summed E-state index contributed by atoms with van der Waals surface area (Å²) in [5.41, 5.74) is 1.71. The first-order valence-electron chi connectivity index (χ1n) is 9.68. The number of hydrogen-bond acceptors (Lipinski definition) is 4. The maximum atomic E-state index is 13.3. The number of sulfone groups is 1. The first-order chi connectivity index (χ1) is 14.4. The first-order valence-corrected chi connectivity index (χ1v) is 11.3. The zero-order chi connectivity index (χ0) is 21.6. The molecule has 0 bridgehead atoms. The highest BCUT2D eigenvalue weighted by molar-refractivity contribution is 7.91. The van der Waals surface area contributed by atoms with Crippen LogP contribution in [-0.4, -0.2) is 27.2 Å². The summed E-state index contributed by atoms with van der Waals surface area (Å²) in [5, 5.41) is 0. The molecule has 0 aliphatic rings. The second kappa shape index (κ2) is 9.59. The topological polar surface area (TPSA) is 63.7 Å². The van der Waals surface area contributed by atoms with E-state index in [-0.39, 0.29) is 16.6 Å². The predicted molar refractivity (Wildman–Crippen MR) is 118 cm³/mol. The lowest BCUT2D eigenvalue weighted by Crippen LogP contribution is -2.37. The quantitative estimate of drug-likeness (QED) is 0.541. The molecule has 3 aromatic carbocycles. The summed E-state index contributed by atoms with van der Waals surface area (Å²) in [6.45, 7) is 2.03. The molecule has 0 heterocycles. The third-order valence-corrected chi connectivity index (χ3v) is 6.76. The lowest BCUT2D eigenvalue weighted by Gasteiger charge is -2.26. The summed E-state index contributed by atoms with van der Waals surface area (Å²) < 4.78 is 30.8. The molecular formula is C24H25NO4S. The molecule has 0 fully saturated rings. The van der Waals surface area contributed by atoms with Crippen LogP contribution in [0.25, 0.3) is 0 Å². The minimum Gasteiger partial charge on any atom is -0.497 e. The van der Waals surface area contributed by atoms with E-state index in [2.05, 4.69) is 0 Å². The number of carbonyl (C=O) groups excluding carboxylic acids is 1. The number of para-hydroxylation sites is 1. The third kappa shape index (κ3) is 5.27. The molecular weight excluding hydrogens is 398 g/mol. The van der Waals surface area contributed by atoms with Gasteiger partial charge in [-0.1, -0.05) is 55.5 Å². The molecule has 0 N–H and O–H groups in total. The van der Waals surface area contributed by atoms with Crippen molar-refractivity contribution in [3.05, 3.63) is 90.5 Å². The van der Waals surface area contributed by atoms with Crippen molar-refractivity contribution in [1.29, 1.82) is 0 Å². The molecule has 0 aliphatic heterocycles. The van der Waals surface area contributed by atoms with Gasteiger partial charge in [0.25, 0.3) is 0 Å². The SMILES string of the molecule is COc1ccc(S(=O)(=O)CC(C)C(=O)N(Cc2ccccc2)c2ccccc2)cc1. The van der Waals surface area contributed by atoms with Crippen molar-refractivity contribution in [2.75, 3.05) is 17.8 Å². The number of methoxy groups -OCH3 is 1. The maximum absolute atomic E-state index is 13.3. The van der Waals surface area contributed by atoms with Crippen molar-refractivity contribution < 1.29 is 17.9 Å². The van der Waals surface area contributed by atoms with E-state index in [9.17, 15) is 13.2 Å². The van der Waals surface area contributed by atoms with Gasteiger partial charge in [0.2, 0.25) is 5.91 Å². The van der Waals surface area contributed by atoms with Gasteiger partial charge in [0.1, 0.15) is 5.75 Å². The molecule has 0 saturated carbocycles. The second-order valence-electron chi connectivity index (χ2n) is 7.10. The Morgan fingerprint density at radius 2 is 1.47 bits per heavy atom. The van der Waals surface area contributed by atoms with Gasteiger partial charge in [0.05, 0.1) is 24.3 Å². The van der Waals surface area contributed by atoms with Crippen LogP contribution in [0.4, 0.5) is 5.69 Å². The van der Waals surface area contributed by atoms with Gasteiger partial charge in [0.15, 0.2) is 9.84 Å². The summed E-state index contributed by atoms with van der Waals surface area (Å²) in [6, 6.07) is 25.2. The van der Waals surface area contributed by atoms with Crippen LogP contribution in [0.2, 0.25) is 0 Å². The summed E-state index contributed by atoms with van der Waals surface area (Å²) >= 11 is 0. The molecule has 1 atom stereocenters. The van der Waals surface area contributed by atoms with E-state index in [4.69, 9.17) is 4.74 Å². The van der Waals surface area contributed by atoms with Crippen molar-refractivity contribution in [1.82, 2.24) is 0 Å². The Labute approximate surface area is 177 Å². The molecule has 0 spiro atoms. The lowest BCUT2D eigenvalue weighted by atomic mass is 10.1. The van der Waals surface area contributed by atoms with Crippen molar-refractivity contribution in [2.45, 2.75) is 18.4 Å². The van der Waals surface area contributed by atoms with Gasteiger partial charge in [-0.15, -0.1) is 0 Å². The Kier molecular flexibility index (Phi) is 6.90. The van der Waals surface area contributed by atoms with E-state index >= 15 is 0 Å². The Bertz CT molecular complexity index is 1070. The Morgan fingerprint density at radius 1 is 0.900 bits per heavy atom. The number of nitrogens with zero attached hydrogens (tertiary/aromatic N) is 1. The van der Waals surface area contributed by atoms with E-state index < -0.39 is 15.8 Å². The second-order valence-corrected chi connectivity index (χ2v) is 9.14. The molecule has 5 nitrogen and oxygen atoms in total. The zero-order valence-corrected chi connectivity index (χ0v) is 17.9. The smallest absolute Gasteiger partial charge is 0.231 e. The number of ether oxygens (including phenoxy) is 1. The average molecular weight is 424 g/mol. The summed E-state index contributed by atoms with van der Waals surface area (Å²) in [6.07, 6.45) is 0. The standard InChI is InChI=1S/C24H25NO4S/c1-19(18-30(27,28)23-15-13-22(29-2)14-16-23)24(26)25(21-11-7-4-8-12-21)17-20-9-5-3-6-10-20/h3-16,19H,17-18H2,1-2H3. The highest BCUT2D eigenvalue weighted by atomic mass is 32.2. The molecule has 3 rings (SSSR count). The van der Waals surface area contributed by atoms with Gasteiger partial charge in [-0.05, 0) is 42.0 Å². The fourth-order valence-corrected chi connectivity index (χ4v) is 4.76. The number of amides is 1. The van der Waals surface area contributed by atoms with Crippen LogP contribution in [0.15, 0.2) is 89.8 Å². The molecule has 0 saturated heterocycles. The molecule has 30 heavy (non-hydrogen) atoms. The van der Waals surface area contributed by atoms with Crippen LogP contribution in [0.1, 0.15) is 12.5 Å². The molecule has 1 unspecified atom stereocenters. The fraction of sp³-hybridized carbons (Fsp3) is 0.208. The summed E-state index contributed by atoms with van der Waals surface area (Å²) in [5.74, 6) is -0.629. The maximum Gasteiger partial charge on any atom is 0.231 e. The van der Waals surface area contributed by atoms with Crippen molar-refractivity contribution in [3.8, 4) is 5.75 Å². The predicted octanol–water partition coefficient (Wildman–Crippen LogP) is 4.34. The van der Waals surface area contributed by atoms with E-state index in [1.54, 1.807) is 24.0 Å². The number of hydrogen-bond donors (Lipinski definition) is 0. The third-order valence-electron chi connectivity index (χ3n) is 4.83. The molecule has 3 aromatic rings. The van der Waals surface area contributed by atoms with E-state index in [1.807, 2.05) is 60.7 Å². The zero-order valence-electron chi connectivity index (χ0n) is 17.1. The van der Waals surface area contributed by atoms with Crippen LogP contribution in [0, 0.1) is 5.92 Å². The van der Waals surface area contributed by atoms with E-state index in [1.165, 1.54) is 19.2 Å². The Morgan fingerprint density at radius 3 is 2.03 bits per heavy atom.